The minimum absolute atomic E-state index is 0.363. The number of aliphatic carboxylic acids is 1. The van der Waals surface area contributed by atoms with Gasteiger partial charge in [0.1, 0.15) is 0 Å². The predicted molar refractivity (Wildman–Crippen MR) is 117 cm³/mol. The Labute approximate surface area is 170 Å². The Hall–Kier alpha value is -2.59. The zero-order chi connectivity index (χ0) is 20.7. The SMILES string of the molecule is C=Cc1c(-c2ccc(Cl)cc2)c(C(CCCCCC)C(=O)O)[nH]c(=O)c1C=C. The van der Waals surface area contributed by atoms with Crippen LogP contribution in [0.1, 0.15) is 61.8 Å². The van der Waals surface area contributed by atoms with Crippen LogP contribution in [0.15, 0.2) is 42.2 Å². The highest BCUT2D eigenvalue weighted by Gasteiger charge is 2.27. The van der Waals surface area contributed by atoms with E-state index in [0.717, 1.165) is 31.2 Å². The van der Waals surface area contributed by atoms with Gasteiger partial charge in [-0.15, -0.1) is 0 Å². The molecule has 0 bridgehead atoms. The minimum atomic E-state index is -0.955. The Morgan fingerprint density at radius 2 is 1.79 bits per heavy atom. The lowest BCUT2D eigenvalue weighted by atomic mass is 9.87. The van der Waals surface area contributed by atoms with Crippen LogP contribution in [0, 0.1) is 0 Å². The van der Waals surface area contributed by atoms with Gasteiger partial charge in [0.2, 0.25) is 0 Å². The van der Waals surface area contributed by atoms with Crippen molar-refractivity contribution in [2.24, 2.45) is 0 Å². The number of rotatable bonds is 10. The molecule has 2 rings (SSSR count). The molecule has 28 heavy (non-hydrogen) atoms. The number of hydrogen-bond acceptors (Lipinski definition) is 2. The number of nitrogens with one attached hydrogen (secondary N) is 1. The van der Waals surface area contributed by atoms with Gasteiger partial charge in [-0.05, 0) is 29.7 Å². The van der Waals surface area contributed by atoms with E-state index in [-0.39, 0.29) is 5.56 Å². The van der Waals surface area contributed by atoms with Crippen molar-refractivity contribution in [1.29, 1.82) is 0 Å². The van der Waals surface area contributed by atoms with Crippen LogP contribution in [0.4, 0.5) is 0 Å². The van der Waals surface area contributed by atoms with Crippen molar-refractivity contribution < 1.29 is 9.90 Å². The predicted octanol–water partition coefficient (Wildman–Crippen LogP) is 6.12. The highest BCUT2D eigenvalue weighted by atomic mass is 35.5. The van der Waals surface area contributed by atoms with Crippen LogP contribution < -0.4 is 5.56 Å². The highest BCUT2D eigenvalue weighted by molar-refractivity contribution is 6.30. The van der Waals surface area contributed by atoms with Crippen molar-refractivity contribution in [2.45, 2.75) is 44.9 Å². The molecule has 2 N–H and O–H groups in total. The molecule has 0 fully saturated rings. The third-order valence-corrected chi connectivity index (χ3v) is 5.11. The van der Waals surface area contributed by atoms with Gasteiger partial charge in [0.25, 0.3) is 5.56 Å². The number of pyridine rings is 1. The molecule has 0 aliphatic heterocycles. The number of unbranched alkanes of at least 4 members (excludes halogenated alkanes) is 3. The van der Waals surface area contributed by atoms with Gasteiger partial charge in [-0.2, -0.15) is 0 Å². The molecule has 0 spiro atoms. The van der Waals surface area contributed by atoms with E-state index in [9.17, 15) is 14.7 Å². The van der Waals surface area contributed by atoms with Gasteiger partial charge in [-0.3, -0.25) is 9.59 Å². The summed E-state index contributed by atoms with van der Waals surface area (Å²) in [6.45, 7) is 9.67. The largest absolute Gasteiger partial charge is 0.481 e. The summed E-state index contributed by atoms with van der Waals surface area (Å²) in [5, 5.41) is 10.5. The quantitative estimate of drug-likeness (QED) is 0.473. The molecule has 0 saturated heterocycles. The Morgan fingerprint density at radius 1 is 1.14 bits per heavy atom. The lowest BCUT2D eigenvalue weighted by Gasteiger charge is -2.20. The molecule has 0 saturated carbocycles. The molecule has 1 heterocycles. The van der Waals surface area contributed by atoms with Gasteiger partial charge in [0.05, 0.1) is 5.92 Å². The molecule has 5 heteroatoms. The fourth-order valence-corrected chi connectivity index (χ4v) is 3.55. The Balaban J connectivity index is 2.69. The summed E-state index contributed by atoms with van der Waals surface area (Å²) in [6.07, 6.45) is 7.36. The zero-order valence-electron chi connectivity index (χ0n) is 16.1. The summed E-state index contributed by atoms with van der Waals surface area (Å²) in [6, 6.07) is 7.11. The van der Waals surface area contributed by atoms with E-state index < -0.39 is 11.9 Å². The van der Waals surface area contributed by atoms with E-state index in [2.05, 4.69) is 25.1 Å². The van der Waals surface area contributed by atoms with Gasteiger partial charge < -0.3 is 10.1 Å². The Kier molecular flexibility index (Phi) is 7.82. The highest BCUT2D eigenvalue weighted by Crippen LogP contribution is 2.35. The summed E-state index contributed by atoms with van der Waals surface area (Å²) >= 11 is 6.02. The van der Waals surface area contributed by atoms with E-state index in [0.29, 0.717) is 33.8 Å². The topological polar surface area (TPSA) is 70.2 Å². The first-order valence-electron chi connectivity index (χ1n) is 9.48. The van der Waals surface area contributed by atoms with Gasteiger partial charge in [-0.1, -0.05) is 81.7 Å². The molecule has 0 radical (unpaired) electrons. The number of halogens is 1. The number of carbonyl (C=O) groups is 1. The third kappa shape index (κ3) is 4.82. The first-order valence-corrected chi connectivity index (χ1v) is 9.86. The molecule has 1 aromatic heterocycles. The fourth-order valence-electron chi connectivity index (χ4n) is 3.42. The summed E-state index contributed by atoms with van der Waals surface area (Å²) in [5.74, 6) is -1.77. The van der Waals surface area contributed by atoms with E-state index in [1.165, 1.54) is 6.08 Å². The van der Waals surface area contributed by atoms with Crippen molar-refractivity contribution >= 4 is 29.7 Å². The number of hydrogen-bond donors (Lipinski definition) is 2. The van der Waals surface area contributed by atoms with Crippen LogP contribution >= 0.6 is 11.6 Å². The summed E-state index contributed by atoms with van der Waals surface area (Å²) in [7, 11) is 0. The lowest BCUT2D eigenvalue weighted by molar-refractivity contribution is -0.139. The van der Waals surface area contributed by atoms with Gasteiger partial charge >= 0.3 is 5.97 Å². The summed E-state index contributed by atoms with van der Waals surface area (Å²) in [4.78, 5) is 27.5. The van der Waals surface area contributed by atoms with Crippen molar-refractivity contribution in [3.05, 3.63) is 69.6 Å². The maximum absolute atomic E-state index is 12.6. The number of aromatic nitrogens is 1. The molecule has 2 aromatic rings. The second kappa shape index (κ2) is 10.1. The van der Waals surface area contributed by atoms with Crippen molar-refractivity contribution in [2.75, 3.05) is 0 Å². The molecule has 148 valence electrons. The van der Waals surface area contributed by atoms with E-state index in [4.69, 9.17) is 11.6 Å². The number of aromatic amines is 1. The Bertz CT molecular complexity index is 913. The standard InChI is InChI=1S/C23H26ClNO3/c1-4-7-8-9-10-19(23(27)28)21-20(15-11-13-16(24)14-12-15)17(5-2)18(6-3)22(26)25-21/h5-6,11-14,19H,2-4,7-10H2,1H3,(H,25,26)(H,27,28). The van der Waals surface area contributed by atoms with Gasteiger partial charge in [0, 0.05) is 21.8 Å². The number of benzene rings is 1. The van der Waals surface area contributed by atoms with Crippen LogP contribution in [0.5, 0.6) is 0 Å². The van der Waals surface area contributed by atoms with Crippen LogP contribution in [-0.2, 0) is 4.79 Å². The summed E-state index contributed by atoms with van der Waals surface area (Å²) in [5.41, 5.74) is 2.42. The summed E-state index contributed by atoms with van der Waals surface area (Å²) < 4.78 is 0. The van der Waals surface area contributed by atoms with Crippen LogP contribution in [-0.4, -0.2) is 16.1 Å². The average Bonchev–Trinajstić information content (AvgIpc) is 2.67. The maximum atomic E-state index is 12.6. The Morgan fingerprint density at radius 3 is 2.32 bits per heavy atom. The van der Waals surface area contributed by atoms with Crippen LogP contribution in [0.3, 0.4) is 0 Å². The monoisotopic (exact) mass is 399 g/mol. The maximum Gasteiger partial charge on any atom is 0.312 e. The van der Waals surface area contributed by atoms with E-state index in [1.54, 1.807) is 18.2 Å². The molecule has 1 atom stereocenters. The van der Waals surface area contributed by atoms with Gasteiger partial charge in [-0.25, -0.2) is 0 Å². The first kappa shape index (κ1) is 21.7. The van der Waals surface area contributed by atoms with E-state index in [1.807, 2.05) is 12.1 Å². The zero-order valence-corrected chi connectivity index (χ0v) is 16.9. The number of carboxylic acid groups (broad SMARTS) is 1. The molecular formula is C23H26ClNO3. The molecular weight excluding hydrogens is 374 g/mol. The molecule has 1 unspecified atom stereocenters. The second-order valence-corrected chi connectivity index (χ2v) is 7.16. The molecule has 1 aromatic carbocycles. The number of carboxylic acids is 1. The van der Waals surface area contributed by atoms with Crippen LogP contribution in [0.25, 0.3) is 23.3 Å². The van der Waals surface area contributed by atoms with Gasteiger partial charge in [0.15, 0.2) is 0 Å². The van der Waals surface area contributed by atoms with Crippen LogP contribution in [0.2, 0.25) is 5.02 Å². The fraction of sp³-hybridized carbons (Fsp3) is 0.304. The average molecular weight is 400 g/mol. The molecule has 0 amide bonds. The van der Waals surface area contributed by atoms with E-state index >= 15 is 0 Å². The van der Waals surface area contributed by atoms with Crippen molar-refractivity contribution in [1.82, 2.24) is 4.98 Å². The molecule has 4 nitrogen and oxygen atoms in total. The molecule has 0 aliphatic rings. The third-order valence-electron chi connectivity index (χ3n) is 4.86. The first-order chi connectivity index (χ1) is 13.4. The van der Waals surface area contributed by atoms with Crippen molar-refractivity contribution in [3.8, 4) is 11.1 Å². The molecule has 0 aliphatic carbocycles. The smallest absolute Gasteiger partial charge is 0.312 e. The lowest BCUT2D eigenvalue weighted by Crippen LogP contribution is -2.22. The second-order valence-electron chi connectivity index (χ2n) is 6.73. The van der Waals surface area contributed by atoms with Crippen molar-refractivity contribution in [3.63, 3.8) is 0 Å². The minimum Gasteiger partial charge on any atom is -0.481 e. The number of H-pyrrole nitrogens is 1. The normalized spacial score (nSPS) is 11.8.